The van der Waals surface area contributed by atoms with Gasteiger partial charge in [-0.3, -0.25) is 9.67 Å². The molecule has 2 aromatic heterocycles. The van der Waals surface area contributed by atoms with Crippen LogP contribution in [0.25, 0.3) is 0 Å². The molecule has 3 rings (SSSR count). The van der Waals surface area contributed by atoms with Crippen molar-refractivity contribution in [2.45, 2.75) is 25.2 Å². The topological polar surface area (TPSA) is 67.6 Å². The lowest BCUT2D eigenvalue weighted by Crippen LogP contribution is -2.40. The van der Waals surface area contributed by atoms with E-state index in [9.17, 15) is 13.2 Å². The molecular formula is C17H22F3IN6O. The van der Waals surface area contributed by atoms with Crippen molar-refractivity contribution in [1.29, 1.82) is 0 Å². The van der Waals surface area contributed by atoms with Gasteiger partial charge in [-0.2, -0.15) is 18.3 Å². The maximum atomic E-state index is 13.1. The molecule has 1 N–H and O–H groups in total. The smallest absolute Gasteiger partial charge is 0.435 e. The molecule has 1 saturated heterocycles. The first-order valence-corrected chi connectivity index (χ1v) is 8.50. The summed E-state index contributed by atoms with van der Waals surface area (Å²) in [4.78, 5) is 10.3. The molecule has 1 aliphatic rings. The van der Waals surface area contributed by atoms with Crippen LogP contribution in [-0.2, 0) is 19.8 Å². The minimum absolute atomic E-state index is 0. The first kappa shape index (κ1) is 22.2. The van der Waals surface area contributed by atoms with Crippen LogP contribution in [0.3, 0.4) is 0 Å². The maximum absolute atomic E-state index is 13.1. The van der Waals surface area contributed by atoms with Gasteiger partial charge in [0.25, 0.3) is 0 Å². The standard InChI is InChI=1S/C17H21F3N6O.HI/c1-21-16(23-9-12-10-25(2)24-15(12)17(18,19)20)26-8-6-13(11-26)27-14-5-3-4-7-22-14;/h3-5,7,10,13H,6,8-9,11H2,1-2H3,(H,21,23);1H. The van der Waals surface area contributed by atoms with Crippen LogP contribution in [0.5, 0.6) is 5.88 Å². The summed E-state index contributed by atoms with van der Waals surface area (Å²) in [7, 11) is 3.07. The van der Waals surface area contributed by atoms with Gasteiger partial charge in [0.15, 0.2) is 11.7 Å². The fraction of sp³-hybridized carbons (Fsp3) is 0.471. The summed E-state index contributed by atoms with van der Waals surface area (Å²) in [6.07, 6.45) is -0.744. The quantitative estimate of drug-likeness (QED) is 0.390. The molecule has 0 spiro atoms. The van der Waals surface area contributed by atoms with E-state index in [2.05, 4.69) is 20.4 Å². The third-order valence-corrected chi connectivity index (χ3v) is 4.19. The zero-order valence-corrected chi connectivity index (χ0v) is 17.8. The van der Waals surface area contributed by atoms with Gasteiger partial charge >= 0.3 is 6.18 Å². The maximum Gasteiger partial charge on any atom is 0.435 e. The normalized spacial score (nSPS) is 17.4. The number of aryl methyl sites for hydroxylation is 1. The van der Waals surface area contributed by atoms with Crippen molar-refractivity contribution in [2.75, 3.05) is 20.1 Å². The van der Waals surface area contributed by atoms with Crippen molar-refractivity contribution in [3.8, 4) is 5.88 Å². The summed E-state index contributed by atoms with van der Waals surface area (Å²) in [5.74, 6) is 1.08. The first-order valence-electron chi connectivity index (χ1n) is 8.50. The average Bonchev–Trinajstić information content (AvgIpc) is 3.23. The zero-order chi connectivity index (χ0) is 19.4. The van der Waals surface area contributed by atoms with Crippen LogP contribution >= 0.6 is 24.0 Å². The van der Waals surface area contributed by atoms with Crippen LogP contribution in [-0.4, -0.2) is 51.9 Å². The van der Waals surface area contributed by atoms with Crippen molar-refractivity contribution >= 4 is 29.9 Å². The largest absolute Gasteiger partial charge is 0.472 e. The summed E-state index contributed by atoms with van der Waals surface area (Å²) >= 11 is 0. The Balaban J connectivity index is 0.00000280. The number of rotatable bonds is 4. The van der Waals surface area contributed by atoms with E-state index in [-0.39, 0.29) is 42.2 Å². The molecule has 0 radical (unpaired) electrons. The van der Waals surface area contributed by atoms with Crippen molar-refractivity contribution in [2.24, 2.45) is 12.0 Å². The monoisotopic (exact) mass is 510 g/mol. The molecule has 2 aromatic rings. The number of alkyl halides is 3. The lowest BCUT2D eigenvalue weighted by molar-refractivity contribution is -0.142. The van der Waals surface area contributed by atoms with Crippen LogP contribution in [0.2, 0.25) is 0 Å². The lowest BCUT2D eigenvalue weighted by Gasteiger charge is -2.21. The van der Waals surface area contributed by atoms with E-state index in [0.29, 0.717) is 24.9 Å². The Morgan fingerprint density at radius 1 is 1.39 bits per heavy atom. The second-order valence-electron chi connectivity index (χ2n) is 6.22. The van der Waals surface area contributed by atoms with Gasteiger partial charge in [0.1, 0.15) is 6.10 Å². The Bertz CT molecular complexity index is 796. The van der Waals surface area contributed by atoms with Crippen LogP contribution in [0.1, 0.15) is 17.7 Å². The number of likely N-dealkylation sites (tertiary alicyclic amines) is 1. The third kappa shape index (κ3) is 5.49. The van der Waals surface area contributed by atoms with Gasteiger partial charge < -0.3 is 15.0 Å². The van der Waals surface area contributed by atoms with Crippen molar-refractivity contribution < 1.29 is 17.9 Å². The van der Waals surface area contributed by atoms with Crippen LogP contribution in [0, 0.1) is 0 Å². The number of halogens is 4. The van der Waals surface area contributed by atoms with Crippen molar-refractivity contribution in [1.82, 2.24) is 25.0 Å². The van der Waals surface area contributed by atoms with E-state index in [4.69, 9.17) is 4.74 Å². The van der Waals surface area contributed by atoms with Gasteiger partial charge in [-0.05, 0) is 6.07 Å². The van der Waals surface area contributed by atoms with Crippen LogP contribution in [0.15, 0.2) is 35.6 Å². The van der Waals surface area contributed by atoms with E-state index in [0.717, 1.165) is 11.1 Å². The molecule has 28 heavy (non-hydrogen) atoms. The highest BCUT2D eigenvalue weighted by Gasteiger charge is 2.37. The molecule has 0 amide bonds. The van der Waals surface area contributed by atoms with E-state index < -0.39 is 11.9 Å². The van der Waals surface area contributed by atoms with Gasteiger partial charge in [-0.25, -0.2) is 4.98 Å². The molecule has 7 nitrogen and oxygen atoms in total. The molecule has 1 fully saturated rings. The Labute approximate surface area is 178 Å². The fourth-order valence-electron chi connectivity index (χ4n) is 3.02. The number of ether oxygens (including phenoxy) is 1. The molecule has 0 aliphatic carbocycles. The summed E-state index contributed by atoms with van der Waals surface area (Å²) in [5, 5.41) is 6.50. The summed E-state index contributed by atoms with van der Waals surface area (Å²) in [5.41, 5.74) is -0.808. The van der Waals surface area contributed by atoms with E-state index in [1.54, 1.807) is 19.3 Å². The SMILES string of the molecule is CN=C(NCc1cn(C)nc1C(F)(F)F)N1CCC(Oc2ccccn2)C1.I. The predicted octanol–water partition coefficient (Wildman–Crippen LogP) is 2.68. The number of hydrogen-bond acceptors (Lipinski definition) is 4. The molecule has 1 aliphatic heterocycles. The molecule has 0 saturated carbocycles. The van der Waals surface area contributed by atoms with E-state index in [1.165, 1.54) is 13.2 Å². The number of pyridine rings is 1. The Kier molecular flexibility index (Phi) is 7.49. The van der Waals surface area contributed by atoms with Crippen LogP contribution < -0.4 is 10.1 Å². The third-order valence-electron chi connectivity index (χ3n) is 4.19. The first-order chi connectivity index (χ1) is 12.9. The second kappa shape index (κ2) is 9.43. The number of nitrogens with one attached hydrogen (secondary N) is 1. The van der Waals surface area contributed by atoms with Gasteiger partial charge in [0, 0.05) is 57.6 Å². The van der Waals surface area contributed by atoms with Gasteiger partial charge in [-0.1, -0.05) is 6.07 Å². The zero-order valence-electron chi connectivity index (χ0n) is 15.5. The summed E-state index contributed by atoms with van der Waals surface area (Å²) in [6, 6.07) is 5.45. The fourth-order valence-corrected chi connectivity index (χ4v) is 3.02. The molecule has 3 heterocycles. The molecule has 1 atom stereocenters. The highest BCUT2D eigenvalue weighted by atomic mass is 127. The minimum atomic E-state index is -4.49. The number of hydrogen-bond donors (Lipinski definition) is 1. The second-order valence-corrected chi connectivity index (χ2v) is 6.22. The molecule has 1 unspecified atom stereocenters. The lowest BCUT2D eigenvalue weighted by atomic mass is 10.2. The molecule has 0 bridgehead atoms. The van der Waals surface area contributed by atoms with Gasteiger partial charge in [-0.15, -0.1) is 24.0 Å². The van der Waals surface area contributed by atoms with E-state index in [1.807, 2.05) is 17.0 Å². The van der Waals surface area contributed by atoms with Crippen molar-refractivity contribution in [3.05, 3.63) is 41.9 Å². The van der Waals surface area contributed by atoms with Gasteiger partial charge in [0.05, 0.1) is 6.54 Å². The average molecular weight is 510 g/mol. The molecule has 0 aromatic carbocycles. The minimum Gasteiger partial charge on any atom is -0.472 e. The van der Waals surface area contributed by atoms with E-state index >= 15 is 0 Å². The number of nitrogens with zero attached hydrogens (tertiary/aromatic N) is 5. The number of aromatic nitrogens is 3. The molecule has 11 heteroatoms. The number of aliphatic imine (C=N–C) groups is 1. The summed E-state index contributed by atoms with van der Waals surface area (Å²) < 4.78 is 46.2. The predicted molar refractivity (Wildman–Crippen MR) is 109 cm³/mol. The summed E-state index contributed by atoms with van der Waals surface area (Å²) in [6.45, 7) is 1.25. The Morgan fingerprint density at radius 3 is 2.82 bits per heavy atom. The Morgan fingerprint density at radius 2 is 2.18 bits per heavy atom. The molecule has 154 valence electrons. The highest BCUT2D eigenvalue weighted by molar-refractivity contribution is 14.0. The molecular weight excluding hydrogens is 488 g/mol. The number of guanidine groups is 1. The van der Waals surface area contributed by atoms with Gasteiger partial charge in [0.2, 0.25) is 5.88 Å². The van der Waals surface area contributed by atoms with Crippen molar-refractivity contribution in [3.63, 3.8) is 0 Å². The van der Waals surface area contributed by atoms with Crippen LogP contribution in [0.4, 0.5) is 13.2 Å². The Hall–Kier alpha value is -2.05. The highest BCUT2D eigenvalue weighted by Crippen LogP contribution is 2.30.